The van der Waals surface area contributed by atoms with E-state index in [4.69, 9.17) is 0 Å². The number of nitrogens with one attached hydrogen (secondary N) is 1. The summed E-state index contributed by atoms with van der Waals surface area (Å²) in [7, 11) is 0. The largest absolute Gasteiger partial charge is 0.322 e. The predicted octanol–water partition coefficient (Wildman–Crippen LogP) is 1.99. The fourth-order valence-corrected chi connectivity index (χ4v) is 2.30. The first kappa shape index (κ1) is 13.9. The van der Waals surface area contributed by atoms with Gasteiger partial charge in [-0.25, -0.2) is 4.39 Å². The van der Waals surface area contributed by atoms with E-state index >= 15 is 0 Å². The number of carbonyl (C=O) groups excluding carboxylic acids is 3. The van der Waals surface area contributed by atoms with E-state index in [1.165, 1.54) is 24.3 Å². The number of hydrogen-bond acceptors (Lipinski definition) is 3. The molecule has 0 radical (unpaired) electrons. The number of ketones is 1. The molecule has 0 spiro atoms. The highest BCUT2D eigenvalue weighted by Crippen LogP contribution is 2.28. The van der Waals surface area contributed by atoms with Crippen molar-refractivity contribution in [1.82, 2.24) is 0 Å². The van der Waals surface area contributed by atoms with Gasteiger partial charge in [-0.3, -0.25) is 19.3 Å². The molecular formula is C16H11FN2O3. The first-order valence-corrected chi connectivity index (χ1v) is 6.57. The van der Waals surface area contributed by atoms with Crippen LogP contribution < -0.4 is 10.2 Å². The monoisotopic (exact) mass is 298 g/mol. The van der Waals surface area contributed by atoms with Gasteiger partial charge in [0.2, 0.25) is 5.91 Å². The minimum absolute atomic E-state index is 0.0266. The molecule has 0 saturated carbocycles. The van der Waals surface area contributed by atoms with Crippen molar-refractivity contribution in [3.05, 3.63) is 59.9 Å². The standard InChI is InChI=1S/C16H11FN2O3/c17-11-6-2-3-7-12(11)18-14(20)9-19-13-8-4-1-5-10(13)15(21)16(19)22/h1-8H,9H2,(H,18,20). The minimum Gasteiger partial charge on any atom is -0.322 e. The maximum Gasteiger partial charge on any atom is 0.299 e. The second-order valence-corrected chi connectivity index (χ2v) is 4.77. The molecule has 1 aliphatic heterocycles. The number of nitrogens with zero attached hydrogens (tertiary/aromatic N) is 1. The van der Waals surface area contributed by atoms with E-state index in [0.29, 0.717) is 5.69 Å². The number of halogens is 1. The third-order valence-electron chi connectivity index (χ3n) is 3.33. The number of anilines is 2. The summed E-state index contributed by atoms with van der Waals surface area (Å²) in [5.41, 5.74) is 0.686. The van der Waals surface area contributed by atoms with Gasteiger partial charge in [-0.05, 0) is 24.3 Å². The lowest BCUT2D eigenvalue weighted by molar-refractivity contribution is -0.118. The van der Waals surface area contributed by atoms with E-state index in [9.17, 15) is 18.8 Å². The van der Waals surface area contributed by atoms with Crippen molar-refractivity contribution in [3.63, 3.8) is 0 Å². The van der Waals surface area contributed by atoms with Gasteiger partial charge in [-0.2, -0.15) is 0 Å². The van der Waals surface area contributed by atoms with E-state index in [1.54, 1.807) is 24.3 Å². The van der Waals surface area contributed by atoms with Gasteiger partial charge in [0.25, 0.3) is 11.7 Å². The molecule has 1 heterocycles. The zero-order valence-corrected chi connectivity index (χ0v) is 11.4. The molecule has 5 nitrogen and oxygen atoms in total. The van der Waals surface area contributed by atoms with Crippen molar-refractivity contribution in [1.29, 1.82) is 0 Å². The molecule has 0 fully saturated rings. The molecule has 6 heteroatoms. The van der Waals surface area contributed by atoms with Crippen LogP contribution in [0.1, 0.15) is 10.4 Å². The summed E-state index contributed by atoms with van der Waals surface area (Å²) in [6, 6.07) is 12.2. The van der Waals surface area contributed by atoms with Gasteiger partial charge in [-0.15, -0.1) is 0 Å². The Morgan fingerprint density at radius 3 is 2.50 bits per heavy atom. The van der Waals surface area contributed by atoms with Gasteiger partial charge in [0.05, 0.1) is 16.9 Å². The second-order valence-electron chi connectivity index (χ2n) is 4.77. The Kier molecular flexibility index (Phi) is 3.42. The Labute approximate surface area is 125 Å². The van der Waals surface area contributed by atoms with Crippen LogP contribution in [0.4, 0.5) is 15.8 Å². The van der Waals surface area contributed by atoms with Crippen molar-refractivity contribution in [2.24, 2.45) is 0 Å². The van der Waals surface area contributed by atoms with E-state index in [0.717, 1.165) is 4.90 Å². The summed E-state index contributed by atoms with van der Waals surface area (Å²) in [6.07, 6.45) is 0. The molecule has 22 heavy (non-hydrogen) atoms. The fraction of sp³-hybridized carbons (Fsp3) is 0.0625. The highest BCUT2D eigenvalue weighted by Gasteiger charge is 2.36. The molecule has 1 aliphatic rings. The van der Waals surface area contributed by atoms with Crippen LogP contribution in [0.3, 0.4) is 0 Å². The van der Waals surface area contributed by atoms with Crippen LogP contribution in [0.25, 0.3) is 0 Å². The van der Waals surface area contributed by atoms with Crippen molar-refractivity contribution >= 4 is 29.0 Å². The number of Topliss-reactive ketones (excluding diaryl/α,β-unsaturated/α-hetero) is 1. The molecule has 0 saturated heterocycles. The third kappa shape index (κ3) is 2.35. The summed E-state index contributed by atoms with van der Waals surface area (Å²) < 4.78 is 13.5. The molecule has 0 bridgehead atoms. The number of para-hydroxylation sites is 2. The SMILES string of the molecule is O=C(CN1C(=O)C(=O)c2ccccc21)Nc1ccccc1F. The van der Waals surface area contributed by atoms with Crippen molar-refractivity contribution in [3.8, 4) is 0 Å². The Bertz CT molecular complexity index is 788. The Morgan fingerprint density at radius 2 is 1.73 bits per heavy atom. The smallest absolute Gasteiger partial charge is 0.299 e. The lowest BCUT2D eigenvalue weighted by Crippen LogP contribution is -2.37. The van der Waals surface area contributed by atoms with E-state index in [2.05, 4.69) is 5.32 Å². The Morgan fingerprint density at radius 1 is 1.05 bits per heavy atom. The maximum absolute atomic E-state index is 13.5. The minimum atomic E-state index is -0.759. The fourth-order valence-electron chi connectivity index (χ4n) is 2.30. The molecule has 1 N–H and O–H groups in total. The highest BCUT2D eigenvalue weighted by atomic mass is 19.1. The summed E-state index contributed by atoms with van der Waals surface area (Å²) in [5.74, 6) is -2.55. The molecular weight excluding hydrogens is 287 g/mol. The zero-order chi connectivity index (χ0) is 15.7. The van der Waals surface area contributed by atoms with E-state index in [-0.39, 0.29) is 17.8 Å². The molecule has 0 aromatic heterocycles. The normalized spacial score (nSPS) is 13.2. The van der Waals surface area contributed by atoms with Crippen molar-refractivity contribution in [2.75, 3.05) is 16.8 Å². The average molecular weight is 298 g/mol. The van der Waals surface area contributed by atoms with Crippen molar-refractivity contribution in [2.45, 2.75) is 0 Å². The molecule has 2 aromatic rings. The van der Waals surface area contributed by atoms with Crippen molar-refractivity contribution < 1.29 is 18.8 Å². The Hall–Kier alpha value is -3.02. The van der Waals surface area contributed by atoms with E-state index in [1.807, 2.05) is 0 Å². The topological polar surface area (TPSA) is 66.5 Å². The number of rotatable bonds is 3. The average Bonchev–Trinajstić information content (AvgIpc) is 2.75. The number of hydrogen-bond donors (Lipinski definition) is 1. The Balaban J connectivity index is 1.79. The predicted molar refractivity (Wildman–Crippen MR) is 78.2 cm³/mol. The maximum atomic E-state index is 13.5. The van der Waals surface area contributed by atoms with Crippen LogP contribution in [-0.4, -0.2) is 24.1 Å². The lowest BCUT2D eigenvalue weighted by atomic mass is 10.1. The number of carbonyl (C=O) groups is 3. The van der Waals surface area contributed by atoms with Gasteiger partial charge >= 0.3 is 0 Å². The molecule has 0 unspecified atom stereocenters. The van der Waals surface area contributed by atoms with Gasteiger partial charge in [0.15, 0.2) is 0 Å². The van der Waals surface area contributed by atoms with Gasteiger partial charge < -0.3 is 5.32 Å². The number of amides is 2. The van der Waals surface area contributed by atoms with Crippen LogP contribution in [-0.2, 0) is 9.59 Å². The summed E-state index contributed by atoms with van der Waals surface area (Å²) in [4.78, 5) is 36.8. The summed E-state index contributed by atoms with van der Waals surface area (Å²) in [6.45, 7) is -0.351. The molecule has 2 aromatic carbocycles. The third-order valence-corrected chi connectivity index (χ3v) is 3.33. The molecule has 2 amide bonds. The summed E-state index contributed by atoms with van der Waals surface area (Å²) in [5, 5.41) is 2.38. The van der Waals surface area contributed by atoms with Crippen LogP contribution in [0.15, 0.2) is 48.5 Å². The van der Waals surface area contributed by atoms with E-state index < -0.39 is 23.4 Å². The summed E-state index contributed by atoms with van der Waals surface area (Å²) >= 11 is 0. The van der Waals surface area contributed by atoms with Crippen LogP contribution in [0.2, 0.25) is 0 Å². The molecule has 0 aliphatic carbocycles. The number of fused-ring (bicyclic) bond motifs is 1. The highest BCUT2D eigenvalue weighted by molar-refractivity contribution is 6.52. The lowest BCUT2D eigenvalue weighted by Gasteiger charge is -2.16. The second kappa shape index (κ2) is 5.40. The first-order chi connectivity index (χ1) is 10.6. The van der Waals surface area contributed by atoms with Crippen LogP contribution in [0, 0.1) is 5.82 Å². The molecule has 110 valence electrons. The van der Waals surface area contributed by atoms with Crippen LogP contribution in [0.5, 0.6) is 0 Å². The number of benzene rings is 2. The van der Waals surface area contributed by atoms with Gasteiger partial charge in [-0.1, -0.05) is 24.3 Å². The van der Waals surface area contributed by atoms with Crippen LogP contribution >= 0.6 is 0 Å². The molecule has 3 rings (SSSR count). The van der Waals surface area contributed by atoms with Gasteiger partial charge in [0, 0.05) is 0 Å². The van der Waals surface area contributed by atoms with Gasteiger partial charge in [0.1, 0.15) is 12.4 Å². The zero-order valence-electron chi connectivity index (χ0n) is 11.4. The first-order valence-electron chi connectivity index (χ1n) is 6.57. The molecule has 0 atom stereocenters. The quantitative estimate of drug-likeness (QED) is 0.881.